The molecule has 1 unspecified atom stereocenters. The van der Waals surface area contributed by atoms with E-state index in [1.54, 1.807) is 7.11 Å². The first-order valence-electron chi connectivity index (χ1n) is 5.67. The quantitative estimate of drug-likeness (QED) is 0.779. The first kappa shape index (κ1) is 11.4. The van der Waals surface area contributed by atoms with Crippen LogP contribution >= 0.6 is 0 Å². The second-order valence-electron chi connectivity index (χ2n) is 4.39. The Morgan fingerprint density at radius 2 is 2.06 bits per heavy atom. The summed E-state index contributed by atoms with van der Waals surface area (Å²) >= 11 is 0. The molecule has 2 rings (SSSR count). The Hall–Kier alpha value is -1.06. The number of hydrogen-bond donors (Lipinski definition) is 1. The molecule has 0 bridgehead atoms. The van der Waals surface area contributed by atoms with E-state index in [2.05, 4.69) is 32.3 Å². The highest BCUT2D eigenvalue weighted by molar-refractivity contribution is 5.51. The van der Waals surface area contributed by atoms with E-state index in [1.165, 1.54) is 22.3 Å². The van der Waals surface area contributed by atoms with Gasteiger partial charge < -0.3 is 9.57 Å². The summed E-state index contributed by atoms with van der Waals surface area (Å²) in [5, 5.41) is 0. The van der Waals surface area contributed by atoms with Gasteiger partial charge in [-0.3, -0.25) is 0 Å². The van der Waals surface area contributed by atoms with Crippen LogP contribution in [0.25, 0.3) is 0 Å². The monoisotopic (exact) mass is 221 g/mol. The van der Waals surface area contributed by atoms with E-state index in [9.17, 15) is 0 Å². The van der Waals surface area contributed by atoms with E-state index in [1.807, 2.05) is 0 Å². The molecule has 1 aromatic carbocycles. The van der Waals surface area contributed by atoms with Gasteiger partial charge in [0, 0.05) is 12.0 Å². The molecule has 1 aliphatic rings. The van der Waals surface area contributed by atoms with Gasteiger partial charge in [-0.25, -0.2) is 0 Å². The SMILES string of the molecule is CONC1CCOc2c(C)c(C)cc(C)c21. The standard InChI is InChI=1S/C13H19NO2/c1-8-7-9(2)12-11(14-15-4)5-6-16-13(12)10(8)3/h7,11,14H,5-6H2,1-4H3. The van der Waals surface area contributed by atoms with Crippen molar-refractivity contribution in [3.05, 3.63) is 28.3 Å². The van der Waals surface area contributed by atoms with Crippen LogP contribution in [0.3, 0.4) is 0 Å². The summed E-state index contributed by atoms with van der Waals surface area (Å²) in [6.07, 6.45) is 0.949. The van der Waals surface area contributed by atoms with Gasteiger partial charge in [0.25, 0.3) is 0 Å². The molecule has 0 amide bonds. The molecule has 3 nitrogen and oxygen atoms in total. The molecule has 1 aliphatic heterocycles. The molecule has 0 spiro atoms. The minimum atomic E-state index is 0.244. The Morgan fingerprint density at radius 3 is 2.75 bits per heavy atom. The topological polar surface area (TPSA) is 30.5 Å². The second kappa shape index (κ2) is 4.44. The number of benzene rings is 1. The lowest BCUT2D eigenvalue weighted by atomic mass is 9.91. The fourth-order valence-electron chi connectivity index (χ4n) is 2.37. The highest BCUT2D eigenvalue weighted by Gasteiger charge is 2.25. The van der Waals surface area contributed by atoms with Crippen LogP contribution in [-0.2, 0) is 4.84 Å². The van der Waals surface area contributed by atoms with Gasteiger partial charge in [0.2, 0.25) is 0 Å². The zero-order chi connectivity index (χ0) is 11.7. The van der Waals surface area contributed by atoms with Gasteiger partial charge in [-0.05, 0) is 37.5 Å². The molecular weight excluding hydrogens is 202 g/mol. The molecule has 0 saturated carbocycles. The molecule has 1 atom stereocenters. The van der Waals surface area contributed by atoms with Crippen molar-refractivity contribution in [2.45, 2.75) is 33.2 Å². The van der Waals surface area contributed by atoms with Gasteiger partial charge in [0.1, 0.15) is 5.75 Å². The van der Waals surface area contributed by atoms with Crippen LogP contribution in [0, 0.1) is 20.8 Å². The highest BCUT2D eigenvalue weighted by Crippen LogP contribution is 2.38. The van der Waals surface area contributed by atoms with E-state index in [-0.39, 0.29) is 6.04 Å². The summed E-state index contributed by atoms with van der Waals surface area (Å²) in [5.74, 6) is 1.04. The minimum Gasteiger partial charge on any atom is -0.493 e. The molecule has 16 heavy (non-hydrogen) atoms. The zero-order valence-electron chi connectivity index (χ0n) is 10.4. The fourth-order valence-corrected chi connectivity index (χ4v) is 2.37. The second-order valence-corrected chi connectivity index (χ2v) is 4.39. The summed E-state index contributed by atoms with van der Waals surface area (Å²) in [6, 6.07) is 2.46. The minimum absolute atomic E-state index is 0.244. The molecule has 1 N–H and O–H groups in total. The summed E-state index contributed by atoms with van der Waals surface area (Å²) in [4.78, 5) is 5.06. The molecular formula is C13H19NO2. The average Bonchev–Trinajstić information content (AvgIpc) is 2.26. The van der Waals surface area contributed by atoms with Crippen LogP contribution in [0.15, 0.2) is 6.07 Å². The Balaban J connectivity index is 2.51. The van der Waals surface area contributed by atoms with E-state index in [4.69, 9.17) is 9.57 Å². The van der Waals surface area contributed by atoms with Gasteiger partial charge in [0.05, 0.1) is 19.8 Å². The number of ether oxygens (including phenoxy) is 1. The lowest BCUT2D eigenvalue weighted by Crippen LogP contribution is -2.27. The van der Waals surface area contributed by atoms with Crippen molar-refractivity contribution >= 4 is 0 Å². The normalized spacial score (nSPS) is 19.1. The smallest absolute Gasteiger partial charge is 0.127 e. The van der Waals surface area contributed by atoms with Crippen molar-refractivity contribution in [2.24, 2.45) is 0 Å². The maximum Gasteiger partial charge on any atom is 0.127 e. The predicted molar refractivity (Wildman–Crippen MR) is 63.7 cm³/mol. The third kappa shape index (κ3) is 1.81. The third-order valence-electron chi connectivity index (χ3n) is 3.30. The van der Waals surface area contributed by atoms with Gasteiger partial charge in [-0.2, -0.15) is 5.48 Å². The van der Waals surface area contributed by atoms with Crippen molar-refractivity contribution in [3.8, 4) is 5.75 Å². The maximum atomic E-state index is 5.80. The molecule has 0 aromatic heterocycles. The van der Waals surface area contributed by atoms with Crippen molar-refractivity contribution in [3.63, 3.8) is 0 Å². The van der Waals surface area contributed by atoms with Crippen LogP contribution in [0.1, 0.15) is 34.7 Å². The van der Waals surface area contributed by atoms with E-state index >= 15 is 0 Å². The number of aryl methyl sites for hydroxylation is 2. The number of rotatable bonds is 2. The molecule has 88 valence electrons. The first-order valence-corrected chi connectivity index (χ1v) is 5.67. The van der Waals surface area contributed by atoms with E-state index < -0.39 is 0 Å². The molecule has 0 aliphatic carbocycles. The molecule has 0 fully saturated rings. The van der Waals surface area contributed by atoms with Crippen LogP contribution in [-0.4, -0.2) is 13.7 Å². The number of nitrogens with one attached hydrogen (secondary N) is 1. The summed E-state index contributed by atoms with van der Waals surface area (Å²) < 4.78 is 5.80. The first-order chi connectivity index (χ1) is 7.65. The lowest BCUT2D eigenvalue weighted by Gasteiger charge is -2.29. The Labute approximate surface area is 96.7 Å². The van der Waals surface area contributed by atoms with Crippen LogP contribution in [0.4, 0.5) is 0 Å². The van der Waals surface area contributed by atoms with Crippen molar-refractivity contribution in [1.29, 1.82) is 0 Å². The van der Waals surface area contributed by atoms with E-state index in [0.29, 0.717) is 0 Å². The molecule has 0 saturated heterocycles. The predicted octanol–water partition coefficient (Wildman–Crippen LogP) is 2.59. The summed E-state index contributed by atoms with van der Waals surface area (Å²) in [7, 11) is 1.66. The number of hydrogen-bond acceptors (Lipinski definition) is 3. The van der Waals surface area contributed by atoms with Crippen LogP contribution in [0.5, 0.6) is 5.75 Å². The highest BCUT2D eigenvalue weighted by atomic mass is 16.6. The zero-order valence-corrected chi connectivity index (χ0v) is 10.4. The third-order valence-corrected chi connectivity index (χ3v) is 3.30. The number of fused-ring (bicyclic) bond motifs is 1. The summed E-state index contributed by atoms with van der Waals surface area (Å²) in [5.41, 5.74) is 8.09. The Kier molecular flexibility index (Phi) is 3.17. The molecule has 1 heterocycles. The van der Waals surface area contributed by atoms with Gasteiger partial charge in [0.15, 0.2) is 0 Å². The summed E-state index contributed by atoms with van der Waals surface area (Å²) in [6.45, 7) is 7.12. The Bertz CT molecular complexity index is 401. The Morgan fingerprint density at radius 1 is 1.31 bits per heavy atom. The molecule has 3 heteroatoms. The molecule has 1 aromatic rings. The van der Waals surface area contributed by atoms with Crippen molar-refractivity contribution < 1.29 is 9.57 Å². The van der Waals surface area contributed by atoms with Crippen LogP contribution in [0.2, 0.25) is 0 Å². The van der Waals surface area contributed by atoms with Crippen LogP contribution < -0.4 is 10.2 Å². The largest absolute Gasteiger partial charge is 0.493 e. The van der Waals surface area contributed by atoms with Crippen molar-refractivity contribution in [1.82, 2.24) is 5.48 Å². The maximum absolute atomic E-state index is 5.80. The van der Waals surface area contributed by atoms with Gasteiger partial charge in [-0.1, -0.05) is 6.07 Å². The molecule has 0 radical (unpaired) electrons. The number of hydroxylamine groups is 1. The van der Waals surface area contributed by atoms with Crippen molar-refractivity contribution in [2.75, 3.05) is 13.7 Å². The average molecular weight is 221 g/mol. The lowest BCUT2D eigenvalue weighted by molar-refractivity contribution is 0.0459. The van der Waals surface area contributed by atoms with Gasteiger partial charge >= 0.3 is 0 Å². The fraction of sp³-hybridized carbons (Fsp3) is 0.538. The van der Waals surface area contributed by atoms with Gasteiger partial charge in [-0.15, -0.1) is 0 Å². The van der Waals surface area contributed by atoms with E-state index in [0.717, 1.165) is 18.8 Å².